The third-order valence-corrected chi connectivity index (χ3v) is 2.21. The Morgan fingerprint density at radius 2 is 2.12 bits per heavy atom. The first kappa shape index (κ1) is 12.6. The van der Waals surface area contributed by atoms with Crippen LogP contribution in [0.2, 0.25) is 0 Å². The molecule has 1 aromatic heterocycles. The molecule has 0 spiro atoms. The van der Waals surface area contributed by atoms with Crippen LogP contribution in [-0.2, 0) is 6.54 Å². The average molecular weight is 230 g/mol. The van der Waals surface area contributed by atoms with Crippen molar-refractivity contribution in [2.45, 2.75) is 19.0 Å². The minimum absolute atomic E-state index is 0.200. The lowest BCUT2D eigenvalue weighted by atomic mass is 10.1. The van der Waals surface area contributed by atoms with E-state index in [9.17, 15) is 10.1 Å². The SMILES string of the molecule is CC(CO)(CO)NCc1ccc([N+](=O)[O-])o1. The van der Waals surface area contributed by atoms with Crippen LogP contribution in [0.25, 0.3) is 0 Å². The van der Waals surface area contributed by atoms with Crippen LogP contribution in [0.15, 0.2) is 16.5 Å². The minimum Gasteiger partial charge on any atom is -0.404 e. The fraction of sp³-hybridized carbons (Fsp3) is 0.556. The highest BCUT2D eigenvalue weighted by Crippen LogP contribution is 2.16. The number of aliphatic hydroxyl groups is 2. The molecule has 1 rings (SSSR count). The molecule has 0 aliphatic heterocycles. The summed E-state index contributed by atoms with van der Waals surface area (Å²) in [6.45, 7) is 1.34. The minimum atomic E-state index is -0.832. The van der Waals surface area contributed by atoms with E-state index >= 15 is 0 Å². The predicted octanol–water partition coefficient (Wildman–Crippen LogP) is 0.0207. The van der Waals surface area contributed by atoms with E-state index in [0.29, 0.717) is 5.76 Å². The molecule has 0 aliphatic carbocycles. The maximum Gasteiger partial charge on any atom is 0.433 e. The molecule has 0 aromatic carbocycles. The molecule has 0 saturated carbocycles. The Morgan fingerprint density at radius 1 is 1.50 bits per heavy atom. The number of aliphatic hydroxyl groups excluding tert-OH is 2. The van der Waals surface area contributed by atoms with Gasteiger partial charge in [-0.3, -0.25) is 10.1 Å². The molecule has 90 valence electrons. The molecule has 0 fully saturated rings. The van der Waals surface area contributed by atoms with Crippen LogP contribution in [-0.4, -0.2) is 33.9 Å². The van der Waals surface area contributed by atoms with E-state index < -0.39 is 10.5 Å². The van der Waals surface area contributed by atoms with Crippen molar-refractivity contribution in [1.29, 1.82) is 0 Å². The third-order valence-electron chi connectivity index (χ3n) is 2.21. The lowest BCUT2D eigenvalue weighted by Gasteiger charge is -2.25. The molecule has 0 bridgehead atoms. The average Bonchev–Trinajstić information content (AvgIpc) is 2.75. The molecule has 1 aromatic rings. The number of rotatable bonds is 6. The van der Waals surface area contributed by atoms with Gasteiger partial charge in [0, 0.05) is 0 Å². The van der Waals surface area contributed by atoms with Crippen molar-refractivity contribution in [3.05, 3.63) is 28.0 Å². The molecule has 0 saturated heterocycles. The molecular weight excluding hydrogens is 216 g/mol. The summed E-state index contributed by atoms with van der Waals surface area (Å²) in [6, 6.07) is 2.73. The second-order valence-electron chi connectivity index (χ2n) is 3.73. The number of hydrogen-bond acceptors (Lipinski definition) is 6. The zero-order valence-electron chi connectivity index (χ0n) is 8.84. The summed E-state index contributed by atoms with van der Waals surface area (Å²) in [4.78, 5) is 9.71. The molecular formula is C9H14N2O5. The Bertz CT molecular complexity index is 359. The van der Waals surface area contributed by atoms with E-state index in [2.05, 4.69) is 5.32 Å². The van der Waals surface area contributed by atoms with Gasteiger partial charge in [0.15, 0.2) is 0 Å². The molecule has 0 aliphatic rings. The van der Waals surface area contributed by atoms with Crippen molar-refractivity contribution >= 4 is 5.88 Å². The summed E-state index contributed by atoms with van der Waals surface area (Å²) in [7, 11) is 0. The highest BCUT2D eigenvalue weighted by atomic mass is 16.6. The molecule has 0 radical (unpaired) electrons. The molecule has 0 amide bonds. The van der Waals surface area contributed by atoms with Crippen molar-refractivity contribution in [1.82, 2.24) is 5.32 Å². The van der Waals surface area contributed by atoms with Crippen LogP contribution in [0, 0.1) is 10.1 Å². The number of nitrogens with zero attached hydrogens (tertiary/aromatic N) is 1. The van der Waals surface area contributed by atoms with Crippen molar-refractivity contribution in [2.75, 3.05) is 13.2 Å². The van der Waals surface area contributed by atoms with Gasteiger partial charge >= 0.3 is 5.88 Å². The van der Waals surface area contributed by atoms with E-state index in [1.54, 1.807) is 6.92 Å². The molecule has 1 heterocycles. The van der Waals surface area contributed by atoms with Gasteiger partial charge in [0.2, 0.25) is 0 Å². The van der Waals surface area contributed by atoms with Crippen LogP contribution in [0.3, 0.4) is 0 Å². The van der Waals surface area contributed by atoms with Gasteiger partial charge in [-0.2, -0.15) is 0 Å². The highest BCUT2D eigenvalue weighted by Gasteiger charge is 2.22. The second-order valence-corrected chi connectivity index (χ2v) is 3.73. The fourth-order valence-corrected chi connectivity index (χ4v) is 1.02. The molecule has 3 N–H and O–H groups in total. The Hall–Kier alpha value is -1.44. The van der Waals surface area contributed by atoms with E-state index in [0.717, 1.165) is 0 Å². The fourth-order valence-electron chi connectivity index (χ4n) is 1.02. The first-order chi connectivity index (χ1) is 7.50. The number of furan rings is 1. The highest BCUT2D eigenvalue weighted by molar-refractivity contribution is 5.17. The largest absolute Gasteiger partial charge is 0.433 e. The van der Waals surface area contributed by atoms with E-state index in [1.165, 1.54) is 12.1 Å². The van der Waals surface area contributed by atoms with Gasteiger partial charge in [-0.15, -0.1) is 0 Å². The van der Waals surface area contributed by atoms with Gasteiger partial charge in [0.25, 0.3) is 0 Å². The molecule has 7 nitrogen and oxygen atoms in total. The van der Waals surface area contributed by atoms with Crippen LogP contribution < -0.4 is 5.32 Å². The van der Waals surface area contributed by atoms with Crippen molar-refractivity contribution < 1.29 is 19.6 Å². The lowest BCUT2D eigenvalue weighted by molar-refractivity contribution is -0.402. The monoisotopic (exact) mass is 230 g/mol. The Balaban J connectivity index is 2.57. The van der Waals surface area contributed by atoms with E-state index in [4.69, 9.17) is 14.6 Å². The molecule has 0 unspecified atom stereocenters. The van der Waals surface area contributed by atoms with Crippen molar-refractivity contribution in [3.63, 3.8) is 0 Å². The van der Waals surface area contributed by atoms with Gasteiger partial charge in [0.05, 0.1) is 31.4 Å². The number of hydrogen-bond donors (Lipinski definition) is 3. The summed E-state index contributed by atoms with van der Waals surface area (Å²) < 4.78 is 4.90. The smallest absolute Gasteiger partial charge is 0.404 e. The molecule has 7 heteroatoms. The first-order valence-corrected chi connectivity index (χ1v) is 4.70. The van der Waals surface area contributed by atoms with Crippen LogP contribution in [0.1, 0.15) is 12.7 Å². The molecule has 16 heavy (non-hydrogen) atoms. The Kier molecular flexibility index (Phi) is 3.99. The zero-order chi connectivity index (χ0) is 12.2. The zero-order valence-corrected chi connectivity index (χ0v) is 8.84. The summed E-state index contributed by atoms with van der Waals surface area (Å²) in [5, 5.41) is 31.2. The predicted molar refractivity (Wildman–Crippen MR) is 54.8 cm³/mol. The quantitative estimate of drug-likeness (QED) is 0.469. The van der Waals surface area contributed by atoms with Gasteiger partial charge in [-0.1, -0.05) is 0 Å². The van der Waals surface area contributed by atoms with Crippen molar-refractivity contribution in [2.24, 2.45) is 0 Å². The van der Waals surface area contributed by atoms with E-state index in [-0.39, 0.29) is 25.6 Å². The second kappa shape index (κ2) is 5.06. The van der Waals surface area contributed by atoms with Gasteiger partial charge in [0.1, 0.15) is 10.7 Å². The van der Waals surface area contributed by atoms with Gasteiger partial charge in [-0.05, 0) is 13.0 Å². The molecule has 0 atom stereocenters. The normalized spacial score (nSPS) is 11.7. The van der Waals surface area contributed by atoms with Crippen LogP contribution in [0.5, 0.6) is 0 Å². The van der Waals surface area contributed by atoms with Crippen molar-refractivity contribution in [3.8, 4) is 0 Å². The third kappa shape index (κ3) is 3.02. The van der Waals surface area contributed by atoms with Crippen LogP contribution in [0.4, 0.5) is 5.88 Å². The standard InChI is InChI=1S/C9H14N2O5/c1-9(5-12,6-13)10-4-7-2-3-8(16-7)11(14)15/h2-3,10,12-13H,4-6H2,1H3. The summed E-state index contributed by atoms with van der Waals surface area (Å²) in [5.41, 5.74) is -0.832. The first-order valence-electron chi connectivity index (χ1n) is 4.70. The summed E-state index contributed by atoms with van der Waals surface area (Å²) in [6.07, 6.45) is 0. The maximum atomic E-state index is 10.3. The maximum absolute atomic E-state index is 10.3. The van der Waals surface area contributed by atoms with Crippen LogP contribution >= 0.6 is 0 Å². The van der Waals surface area contributed by atoms with Gasteiger partial charge in [-0.25, -0.2) is 0 Å². The van der Waals surface area contributed by atoms with E-state index in [1.807, 2.05) is 0 Å². The van der Waals surface area contributed by atoms with Gasteiger partial charge < -0.3 is 19.9 Å². The number of nitro groups is 1. The summed E-state index contributed by atoms with van der Waals surface area (Å²) >= 11 is 0. The summed E-state index contributed by atoms with van der Waals surface area (Å²) in [5.74, 6) is 0.0475. The topological polar surface area (TPSA) is 109 Å². The lowest BCUT2D eigenvalue weighted by Crippen LogP contribution is -2.48. The Labute approximate surface area is 91.8 Å². The number of nitrogens with one attached hydrogen (secondary N) is 1. The Morgan fingerprint density at radius 3 is 2.56 bits per heavy atom.